The summed E-state index contributed by atoms with van der Waals surface area (Å²) in [5.41, 5.74) is 1.95. The minimum Gasteiger partial charge on any atom is -0.343 e. The van der Waals surface area contributed by atoms with Crippen molar-refractivity contribution in [3.05, 3.63) is 58.1 Å². The van der Waals surface area contributed by atoms with Gasteiger partial charge in [0, 0.05) is 10.4 Å². The van der Waals surface area contributed by atoms with Crippen molar-refractivity contribution in [3.63, 3.8) is 0 Å². The molecule has 0 aliphatic heterocycles. The van der Waals surface area contributed by atoms with E-state index in [0.717, 1.165) is 16.0 Å². The molecule has 0 aliphatic rings. The molecule has 3 aromatic rings. The van der Waals surface area contributed by atoms with Crippen LogP contribution < -0.4 is 10.6 Å². The fraction of sp³-hybridized carbons (Fsp3) is 0.176. The van der Waals surface area contributed by atoms with Gasteiger partial charge in [-0.05, 0) is 18.4 Å². The maximum absolute atomic E-state index is 11.8. The number of hydrogen-bond donors (Lipinski definition) is 2. The van der Waals surface area contributed by atoms with Crippen molar-refractivity contribution in [1.29, 1.82) is 0 Å². The van der Waals surface area contributed by atoms with Gasteiger partial charge in [0.1, 0.15) is 0 Å². The van der Waals surface area contributed by atoms with Gasteiger partial charge in [0.15, 0.2) is 0 Å². The molecule has 0 bridgehead atoms. The third-order valence-corrected chi connectivity index (χ3v) is 4.26. The van der Waals surface area contributed by atoms with E-state index in [1.807, 2.05) is 48.7 Å². The first kappa shape index (κ1) is 16.8. The Morgan fingerprint density at radius 1 is 1.08 bits per heavy atom. The van der Waals surface area contributed by atoms with Crippen LogP contribution >= 0.6 is 11.3 Å². The second-order valence-corrected chi connectivity index (χ2v) is 6.35. The average molecular weight is 356 g/mol. The Morgan fingerprint density at radius 3 is 2.48 bits per heavy atom. The van der Waals surface area contributed by atoms with E-state index in [2.05, 4.69) is 20.8 Å². The molecule has 0 radical (unpaired) electrons. The lowest BCUT2D eigenvalue weighted by molar-refractivity contribution is -0.139. The fourth-order valence-electron chi connectivity index (χ4n) is 2.04. The van der Waals surface area contributed by atoms with Crippen LogP contribution in [0.3, 0.4) is 0 Å². The van der Waals surface area contributed by atoms with Crippen molar-refractivity contribution in [2.45, 2.75) is 20.0 Å². The third kappa shape index (κ3) is 4.51. The van der Waals surface area contributed by atoms with E-state index in [4.69, 9.17) is 4.52 Å². The summed E-state index contributed by atoms with van der Waals surface area (Å²) in [5, 5.41) is 10.8. The molecule has 0 aliphatic carbocycles. The maximum Gasteiger partial charge on any atom is 0.309 e. The molecular formula is C17H16N4O3S. The third-order valence-electron chi connectivity index (χ3n) is 3.39. The number of hydrogen-bond acceptors (Lipinski definition) is 6. The van der Waals surface area contributed by atoms with Crippen LogP contribution in [-0.2, 0) is 22.7 Å². The van der Waals surface area contributed by atoms with Gasteiger partial charge in [-0.25, -0.2) is 0 Å². The van der Waals surface area contributed by atoms with Crippen LogP contribution in [0.25, 0.3) is 11.4 Å². The highest BCUT2D eigenvalue weighted by molar-refractivity contribution is 7.09. The van der Waals surface area contributed by atoms with Crippen molar-refractivity contribution >= 4 is 23.2 Å². The average Bonchev–Trinajstić information content (AvgIpc) is 3.30. The van der Waals surface area contributed by atoms with Gasteiger partial charge in [0.05, 0.1) is 13.1 Å². The SMILES string of the molecule is Cc1ccc(-c2noc(CNC(=O)C(=O)NCc3cccs3)n2)cc1. The lowest BCUT2D eigenvalue weighted by atomic mass is 10.1. The molecule has 2 amide bonds. The van der Waals surface area contributed by atoms with Crippen LogP contribution in [0.4, 0.5) is 0 Å². The van der Waals surface area contributed by atoms with E-state index in [9.17, 15) is 9.59 Å². The summed E-state index contributed by atoms with van der Waals surface area (Å²) >= 11 is 1.51. The summed E-state index contributed by atoms with van der Waals surface area (Å²) < 4.78 is 5.09. The number of aryl methyl sites for hydroxylation is 1. The van der Waals surface area contributed by atoms with Crippen LogP contribution in [0.5, 0.6) is 0 Å². The van der Waals surface area contributed by atoms with Crippen LogP contribution in [0.2, 0.25) is 0 Å². The first-order valence-corrected chi connectivity index (χ1v) is 8.48. The molecule has 0 spiro atoms. The first-order valence-electron chi connectivity index (χ1n) is 7.60. The summed E-state index contributed by atoms with van der Waals surface area (Å²) in [6.45, 7) is 2.30. The Balaban J connectivity index is 1.50. The lowest BCUT2D eigenvalue weighted by Crippen LogP contribution is -2.39. The number of carbonyl (C=O) groups is 2. The second kappa shape index (κ2) is 7.71. The van der Waals surface area contributed by atoms with Crippen LogP contribution in [0.15, 0.2) is 46.3 Å². The minimum atomic E-state index is -0.744. The number of nitrogens with one attached hydrogen (secondary N) is 2. The van der Waals surface area contributed by atoms with Crippen LogP contribution in [-0.4, -0.2) is 22.0 Å². The Bertz CT molecular complexity index is 856. The summed E-state index contributed by atoms with van der Waals surface area (Å²) in [7, 11) is 0. The van der Waals surface area contributed by atoms with Crippen molar-refractivity contribution in [2.24, 2.45) is 0 Å². The quantitative estimate of drug-likeness (QED) is 0.682. The van der Waals surface area contributed by atoms with Gasteiger partial charge in [0.25, 0.3) is 0 Å². The van der Waals surface area contributed by atoms with Gasteiger partial charge in [-0.2, -0.15) is 4.98 Å². The predicted octanol–water partition coefficient (Wildman–Crippen LogP) is 2.04. The van der Waals surface area contributed by atoms with E-state index < -0.39 is 11.8 Å². The number of thiophene rings is 1. The number of benzene rings is 1. The highest BCUT2D eigenvalue weighted by Crippen LogP contribution is 2.16. The van der Waals surface area contributed by atoms with Crippen molar-refractivity contribution in [2.75, 3.05) is 0 Å². The first-order chi connectivity index (χ1) is 12.1. The number of aromatic nitrogens is 2. The molecule has 0 fully saturated rings. The molecule has 0 atom stereocenters. The molecule has 7 nitrogen and oxygen atoms in total. The van der Waals surface area contributed by atoms with E-state index >= 15 is 0 Å². The molecular weight excluding hydrogens is 340 g/mol. The smallest absolute Gasteiger partial charge is 0.309 e. The molecule has 3 rings (SSSR count). The molecule has 0 saturated heterocycles. The van der Waals surface area contributed by atoms with Crippen molar-refractivity contribution < 1.29 is 14.1 Å². The fourth-order valence-corrected chi connectivity index (χ4v) is 2.69. The number of carbonyl (C=O) groups excluding carboxylic acids is 2. The molecule has 0 saturated carbocycles. The van der Waals surface area contributed by atoms with Crippen molar-refractivity contribution in [1.82, 2.24) is 20.8 Å². The highest BCUT2D eigenvalue weighted by Gasteiger charge is 2.15. The van der Waals surface area contributed by atoms with Gasteiger partial charge >= 0.3 is 11.8 Å². The second-order valence-electron chi connectivity index (χ2n) is 5.32. The van der Waals surface area contributed by atoms with Crippen molar-refractivity contribution in [3.8, 4) is 11.4 Å². The topological polar surface area (TPSA) is 97.1 Å². The summed E-state index contributed by atoms with van der Waals surface area (Å²) in [6.07, 6.45) is 0. The monoisotopic (exact) mass is 356 g/mol. The Kier molecular flexibility index (Phi) is 5.20. The van der Waals surface area contributed by atoms with E-state index in [1.54, 1.807) is 0 Å². The number of rotatable bonds is 5. The molecule has 8 heteroatoms. The Labute approximate surface area is 148 Å². The number of nitrogens with zero attached hydrogens (tertiary/aromatic N) is 2. The van der Waals surface area contributed by atoms with Gasteiger partial charge in [-0.1, -0.05) is 41.1 Å². The minimum absolute atomic E-state index is 0.00980. The summed E-state index contributed by atoms with van der Waals surface area (Å²) in [6, 6.07) is 11.4. The molecule has 128 valence electrons. The standard InChI is InChI=1S/C17H16N4O3S/c1-11-4-6-12(7-5-11)15-20-14(24-21-15)10-19-17(23)16(22)18-9-13-3-2-8-25-13/h2-8H,9-10H2,1H3,(H,18,22)(H,19,23). The zero-order valence-electron chi connectivity index (χ0n) is 13.5. The van der Waals surface area contributed by atoms with Crippen LogP contribution in [0, 0.1) is 6.92 Å². The Hall–Kier alpha value is -3.00. The van der Waals surface area contributed by atoms with E-state index in [0.29, 0.717) is 12.4 Å². The highest BCUT2D eigenvalue weighted by atomic mass is 32.1. The van der Waals surface area contributed by atoms with Crippen LogP contribution in [0.1, 0.15) is 16.3 Å². The van der Waals surface area contributed by atoms with Gasteiger partial charge < -0.3 is 15.2 Å². The normalized spacial score (nSPS) is 10.4. The van der Waals surface area contributed by atoms with E-state index in [-0.39, 0.29) is 12.4 Å². The molecule has 0 unspecified atom stereocenters. The predicted molar refractivity (Wildman–Crippen MR) is 92.5 cm³/mol. The maximum atomic E-state index is 11.8. The van der Waals surface area contributed by atoms with Gasteiger partial charge in [0.2, 0.25) is 11.7 Å². The largest absolute Gasteiger partial charge is 0.343 e. The number of amides is 2. The molecule has 2 heterocycles. The van der Waals surface area contributed by atoms with Gasteiger partial charge in [-0.15, -0.1) is 11.3 Å². The summed E-state index contributed by atoms with van der Waals surface area (Å²) in [4.78, 5) is 28.7. The molecule has 2 N–H and O–H groups in total. The van der Waals surface area contributed by atoms with Gasteiger partial charge in [-0.3, -0.25) is 9.59 Å². The lowest BCUT2D eigenvalue weighted by Gasteiger charge is -2.03. The molecule has 25 heavy (non-hydrogen) atoms. The summed E-state index contributed by atoms with van der Waals surface area (Å²) in [5.74, 6) is -0.778. The van der Waals surface area contributed by atoms with E-state index in [1.165, 1.54) is 11.3 Å². The zero-order chi connectivity index (χ0) is 17.6. The molecule has 1 aromatic carbocycles. The zero-order valence-corrected chi connectivity index (χ0v) is 14.3. The Morgan fingerprint density at radius 2 is 1.80 bits per heavy atom. The molecule has 2 aromatic heterocycles.